The first-order valence-corrected chi connectivity index (χ1v) is 9.08. The molecule has 0 bridgehead atoms. The lowest BCUT2D eigenvalue weighted by Gasteiger charge is -2.25. The molecule has 0 N–H and O–H groups in total. The third-order valence-electron chi connectivity index (χ3n) is 3.59. The first kappa shape index (κ1) is 16.9. The molecule has 1 aliphatic heterocycles. The molecule has 120 valence electrons. The zero-order valence-electron chi connectivity index (χ0n) is 13.5. The molecule has 1 aliphatic rings. The molecule has 0 radical (unpaired) electrons. The number of carbonyl (C=O) groups is 1. The molecule has 1 aromatic rings. The number of benzene rings is 1. The highest BCUT2D eigenvalue weighted by Crippen LogP contribution is 2.15. The average Bonchev–Trinajstić information content (AvgIpc) is 2.54. The standard InChI is InChI=1S/C18H25NO2S/c1-15(2)9-12-21-17-6-3-16(4-7-17)5-8-18(20)19-10-13-22-14-11-19/h3-8,15H,9-14H2,1-2H3/b8-5+. The van der Waals surface area contributed by atoms with E-state index in [0.717, 1.165) is 48.9 Å². The topological polar surface area (TPSA) is 29.5 Å². The Hall–Kier alpha value is -1.42. The number of rotatable bonds is 6. The van der Waals surface area contributed by atoms with Gasteiger partial charge in [0.2, 0.25) is 5.91 Å². The molecule has 0 aromatic heterocycles. The van der Waals surface area contributed by atoms with Gasteiger partial charge in [0, 0.05) is 30.7 Å². The highest BCUT2D eigenvalue weighted by molar-refractivity contribution is 7.99. The fraction of sp³-hybridized carbons (Fsp3) is 0.500. The van der Waals surface area contributed by atoms with Crippen LogP contribution in [0.25, 0.3) is 6.08 Å². The van der Waals surface area contributed by atoms with Gasteiger partial charge in [-0.05, 0) is 36.1 Å². The number of ether oxygens (including phenoxy) is 1. The van der Waals surface area contributed by atoms with Crippen LogP contribution in [-0.2, 0) is 4.79 Å². The van der Waals surface area contributed by atoms with E-state index < -0.39 is 0 Å². The molecule has 0 saturated carbocycles. The lowest BCUT2D eigenvalue weighted by molar-refractivity contribution is -0.125. The maximum atomic E-state index is 12.0. The summed E-state index contributed by atoms with van der Waals surface area (Å²) in [6.45, 7) is 6.84. The molecule has 1 aromatic carbocycles. The Balaban J connectivity index is 1.82. The van der Waals surface area contributed by atoms with Crippen molar-refractivity contribution in [1.29, 1.82) is 0 Å². The van der Waals surface area contributed by atoms with Crippen LogP contribution in [0.2, 0.25) is 0 Å². The Morgan fingerprint density at radius 3 is 2.59 bits per heavy atom. The molecule has 0 unspecified atom stereocenters. The van der Waals surface area contributed by atoms with Crippen molar-refractivity contribution in [1.82, 2.24) is 4.90 Å². The van der Waals surface area contributed by atoms with E-state index in [9.17, 15) is 4.79 Å². The highest BCUT2D eigenvalue weighted by Gasteiger charge is 2.13. The van der Waals surface area contributed by atoms with E-state index in [1.807, 2.05) is 47.0 Å². The molecule has 1 heterocycles. The minimum atomic E-state index is 0.109. The minimum absolute atomic E-state index is 0.109. The van der Waals surface area contributed by atoms with Crippen molar-refractivity contribution in [2.75, 3.05) is 31.2 Å². The van der Waals surface area contributed by atoms with Crippen LogP contribution in [0.15, 0.2) is 30.3 Å². The number of nitrogens with zero attached hydrogens (tertiary/aromatic N) is 1. The summed E-state index contributed by atoms with van der Waals surface area (Å²) in [6, 6.07) is 7.89. The molecule has 3 nitrogen and oxygen atoms in total. The molecule has 0 aliphatic carbocycles. The first-order chi connectivity index (χ1) is 10.6. The lowest BCUT2D eigenvalue weighted by Crippen LogP contribution is -2.36. The Morgan fingerprint density at radius 1 is 1.27 bits per heavy atom. The lowest BCUT2D eigenvalue weighted by atomic mass is 10.1. The van der Waals surface area contributed by atoms with E-state index in [0.29, 0.717) is 5.92 Å². The first-order valence-electron chi connectivity index (χ1n) is 7.93. The average molecular weight is 319 g/mol. The van der Waals surface area contributed by atoms with E-state index in [4.69, 9.17) is 4.74 Å². The van der Waals surface area contributed by atoms with Gasteiger partial charge in [-0.2, -0.15) is 11.8 Å². The Labute approximate surface area is 137 Å². The Kier molecular flexibility index (Phi) is 6.84. The van der Waals surface area contributed by atoms with Crippen molar-refractivity contribution in [3.8, 4) is 5.75 Å². The Bertz CT molecular complexity index is 490. The van der Waals surface area contributed by atoms with Gasteiger partial charge >= 0.3 is 0 Å². The van der Waals surface area contributed by atoms with Gasteiger partial charge in [0.05, 0.1) is 6.61 Å². The fourth-order valence-corrected chi connectivity index (χ4v) is 3.05. The summed E-state index contributed by atoms with van der Waals surface area (Å²) in [6.07, 6.45) is 4.61. The van der Waals surface area contributed by atoms with Crippen molar-refractivity contribution >= 4 is 23.7 Å². The van der Waals surface area contributed by atoms with E-state index >= 15 is 0 Å². The van der Waals surface area contributed by atoms with Gasteiger partial charge < -0.3 is 9.64 Å². The third-order valence-corrected chi connectivity index (χ3v) is 4.53. The molecule has 1 saturated heterocycles. The quantitative estimate of drug-likeness (QED) is 0.749. The molecule has 0 atom stereocenters. The fourth-order valence-electron chi connectivity index (χ4n) is 2.14. The van der Waals surface area contributed by atoms with Crippen molar-refractivity contribution in [2.24, 2.45) is 5.92 Å². The molecule has 4 heteroatoms. The number of carbonyl (C=O) groups excluding carboxylic acids is 1. The van der Waals surface area contributed by atoms with Gasteiger partial charge in [0.15, 0.2) is 0 Å². The van der Waals surface area contributed by atoms with E-state index in [1.54, 1.807) is 6.08 Å². The maximum Gasteiger partial charge on any atom is 0.246 e. The smallest absolute Gasteiger partial charge is 0.246 e. The van der Waals surface area contributed by atoms with Gasteiger partial charge in [-0.3, -0.25) is 4.79 Å². The second-order valence-electron chi connectivity index (χ2n) is 5.87. The molecule has 1 fully saturated rings. The van der Waals surface area contributed by atoms with Gasteiger partial charge in [-0.15, -0.1) is 0 Å². The molecular formula is C18H25NO2S. The monoisotopic (exact) mass is 319 g/mol. The molecule has 1 amide bonds. The summed E-state index contributed by atoms with van der Waals surface area (Å²) < 4.78 is 5.69. The molecule has 0 spiro atoms. The van der Waals surface area contributed by atoms with Gasteiger partial charge in [-0.25, -0.2) is 0 Å². The number of thioether (sulfide) groups is 1. The third kappa shape index (κ3) is 5.76. The number of hydrogen-bond acceptors (Lipinski definition) is 3. The summed E-state index contributed by atoms with van der Waals surface area (Å²) in [5, 5.41) is 0. The van der Waals surface area contributed by atoms with Crippen LogP contribution in [0, 0.1) is 5.92 Å². The summed E-state index contributed by atoms with van der Waals surface area (Å²) in [4.78, 5) is 14.0. The highest BCUT2D eigenvalue weighted by atomic mass is 32.2. The van der Waals surface area contributed by atoms with Gasteiger partial charge in [0.25, 0.3) is 0 Å². The van der Waals surface area contributed by atoms with Crippen molar-refractivity contribution in [2.45, 2.75) is 20.3 Å². The van der Waals surface area contributed by atoms with Crippen LogP contribution < -0.4 is 4.74 Å². The molecule has 2 rings (SSSR count). The van der Waals surface area contributed by atoms with Crippen LogP contribution in [0.5, 0.6) is 5.75 Å². The van der Waals surface area contributed by atoms with E-state index in [1.165, 1.54) is 0 Å². The molecule has 22 heavy (non-hydrogen) atoms. The van der Waals surface area contributed by atoms with Crippen LogP contribution in [0.3, 0.4) is 0 Å². The predicted molar refractivity (Wildman–Crippen MR) is 94.3 cm³/mol. The summed E-state index contributed by atoms with van der Waals surface area (Å²) in [5.74, 6) is 3.74. The van der Waals surface area contributed by atoms with Gasteiger partial charge in [0.1, 0.15) is 5.75 Å². The van der Waals surface area contributed by atoms with Crippen LogP contribution in [-0.4, -0.2) is 42.0 Å². The predicted octanol–water partition coefficient (Wildman–Crippen LogP) is 3.70. The largest absolute Gasteiger partial charge is 0.494 e. The number of amides is 1. The van der Waals surface area contributed by atoms with E-state index in [2.05, 4.69) is 13.8 Å². The van der Waals surface area contributed by atoms with Crippen molar-refractivity contribution in [3.05, 3.63) is 35.9 Å². The summed E-state index contributed by atoms with van der Waals surface area (Å²) in [5.41, 5.74) is 1.02. The molecular weight excluding hydrogens is 294 g/mol. The SMILES string of the molecule is CC(C)CCOc1ccc(/C=C/C(=O)N2CCSCC2)cc1. The number of hydrogen-bond donors (Lipinski definition) is 0. The van der Waals surface area contributed by atoms with Crippen LogP contribution in [0.1, 0.15) is 25.8 Å². The van der Waals surface area contributed by atoms with E-state index in [-0.39, 0.29) is 5.91 Å². The van der Waals surface area contributed by atoms with Crippen LogP contribution >= 0.6 is 11.8 Å². The normalized spacial score (nSPS) is 15.5. The summed E-state index contributed by atoms with van der Waals surface area (Å²) >= 11 is 1.91. The Morgan fingerprint density at radius 2 is 1.95 bits per heavy atom. The van der Waals surface area contributed by atoms with Crippen molar-refractivity contribution < 1.29 is 9.53 Å². The zero-order valence-corrected chi connectivity index (χ0v) is 14.3. The minimum Gasteiger partial charge on any atom is -0.494 e. The van der Waals surface area contributed by atoms with Crippen LogP contribution in [0.4, 0.5) is 0 Å². The maximum absolute atomic E-state index is 12.0. The second kappa shape index (κ2) is 8.89. The summed E-state index contributed by atoms with van der Waals surface area (Å²) in [7, 11) is 0. The van der Waals surface area contributed by atoms with Gasteiger partial charge in [-0.1, -0.05) is 26.0 Å². The zero-order chi connectivity index (χ0) is 15.8. The van der Waals surface area contributed by atoms with Crippen molar-refractivity contribution in [3.63, 3.8) is 0 Å². The second-order valence-corrected chi connectivity index (χ2v) is 7.10.